The molecular formula is C17H20FNO2. The van der Waals surface area contributed by atoms with Gasteiger partial charge in [-0.2, -0.15) is 0 Å². The van der Waals surface area contributed by atoms with Gasteiger partial charge in [-0.25, -0.2) is 4.39 Å². The number of rotatable bonds is 7. The van der Waals surface area contributed by atoms with Crippen molar-refractivity contribution in [3.8, 4) is 5.75 Å². The molecule has 0 amide bonds. The van der Waals surface area contributed by atoms with Gasteiger partial charge < -0.3 is 15.2 Å². The number of hydrogen-bond donors (Lipinski definition) is 2. The van der Waals surface area contributed by atoms with E-state index in [4.69, 9.17) is 9.84 Å². The summed E-state index contributed by atoms with van der Waals surface area (Å²) < 4.78 is 19.1. The molecule has 0 aromatic heterocycles. The van der Waals surface area contributed by atoms with Gasteiger partial charge in [-0.15, -0.1) is 0 Å². The Labute approximate surface area is 124 Å². The van der Waals surface area contributed by atoms with Gasteiger partial charge in [-0.3, -0.25) is 0 Å². The van der Waals surface area contributed by atoms with E-state index >= 15 is 0 Å². The third kappa shape index (κ3) is 4.85. The Bertz CT molecular complexity index is 574. The van der Waals surface area contributed by atoms with E-state index in [1.54, 1.807) is 18.2 Å². The summed E-state index contributed by atoms with van der Waals surface area (Å²) >= 11 is 0. The number of benzene rings is 2. The van der Waals surface area contributed by atoms with Gasteiger partial charge in [0.25, 0.3) is 0 Å². The normalized spacial score (nSPS) is 12.1. The molecule has 0 saturated heterocycles. The van der Waals surface area contributed by atoms with Crippen molar-refractivity contribution >= 4 is 0 Å². The predicted molar refractivity (Wildman–Crippen MR) is 80.6 cm³/mol. The molecule has 0 aliphatic rings. The smallest absolute Gasteiger partial charge is 0.129 e. The molecule has 0 spiro atoms. The van der Waals surface area contributed by atoms with Crippen LogP contribution in [0, 0.1) is 5.82 Å². The molecular weight excluding hydrogens is 269 g/mol. The van der Waals surface area contributed by atoms with Gasteiger partial charge in [0.15, 0.2) is 0 Å². The average molecular weight is 289 g/mol. The second kappa shape index (κ2) is 7.76. The third-order valence-corrected chi connectivity index (χ3v) is 3.18. The predicted octanol–water partition coefficient (Wildman–Crippen LogP) is 2.88. The van der Waals surface area contributed by atoms with Crippen molar-refractivity contribution in [1.29, 1.82) is 0 Å². The largest absolute Gasteiger partial charge is 0.489 e. The lowest BCUT2D eigenvalue weighted by molar-refractivity contribution is 0.251. The fourth-order valence-corrected chi connectivity index (χ4v) is 1.88. The zero-order chi connectivity index (χ0) is 15.1. The van der Waals surface area contributed by atoms with Gasteiger partial charge in [-0.05, 0) is 30.7 Å². The molecule has 21 heavy (non-hydrogen) atoms. The highest BCUT2D eigenvalue weighted by Crippen LogP contribution is 2.16. The minimum absolute atomic E-state index is 0.0491. The Morgan fingerprint density at radius 2 is 2.00 bits per heavy atom. The first-order valence-corrected chi connectivity index (χ1v) is 6.98. The lowest BCUT2D eigenvalue weighted by Crippen LogP contribution is -2.28. The number of halogens is 1. The molecule has 4 heteroatoms. The fourth-order valence-electron chi connectivity index (χ4n) is 1.88. The first-order chi connectivity index (χ1) is 10.2. The van der Waals surface area contributed by atoms with Crippen LogP contribution in [-0.4, -0.2) is 17.8 Å². The lowest BCUT2D eigenvalue weighted by atomic mass is 10.2. The zero-order valence-electron chi connectivity index (χ0n) is 12.1. The van der Waals surface area contributed by atoms with E-state index in [0.717, 1.165) is 5.56 Å². The number of aliphatic hydroxyl groups is 1. The Morgan fingerprint density at radius 1 is 1.19 bits per heavy atom. The maximum absolute atomic E-state index is 13.5. The molecule has 0 unspecified atom stereocenters. The van der Waals surface area contributed by atoms with Crippen LogP contribution < -0.4 is 10.1 Å². The molecule has 0 heterocycles. The van der Waals surface area contributed by atoms with Crippen LogP contribution in [0.25, 0.3) is 0 Å². The molecule has 2 rings (SSSR count). The first-order valence-electron chi connectivity index (χ1n) is 6.98. The summed E-state index contributed by atoms with van der Waals surface area (Å²) in [4.78, 5) is 0. The summed E-state index contributed by atoms with van der Waals surface area (Å²) in [5.41, 5.74) is 1.59. The SMILES string of the molecule is C[C@H](CO)NCc1cccc(OCc2ccccc2F)c1. The molecule has 0 radical (unpaired) electrons. The van der Waals surface area contributed by atoms with Gasteiger partial charge in [0.1, 0.15) is 18.2 Å². The first kappa shape index (κ1) is 15.5. The number of hydrogen-bond acceptors (Lipinski definition) is 3. The van der Waals surface area contributed by atoms with Gasteiger partial charge >= 0.3 is 0 Å². The van der Waals surface area contributed by atoms with Crippen molar-refractivity contribution in [2.45, 2.75) is 26.1 Å². The Hall–Kier alpha value is -1.91. The van der Waals surface area contributed by atoms with Gasteiger partial charge in [0.2, 0.25) is 0 Å². The van der Waals surface area contributed by atoms with Crippen molar-refractivity contribution in [3.63, 3.8) is 0 Å². The summed E-state index contributed by atoms with van der Waals surface area (Å²) in [6.45, 7) is 2.87. The highest BCUT2D eigenvalue weighted by atomic mass is 19.1. The highest BCUT2D eigenvalue weighted by molar-refractivity contribution is 5.29. The molecule has 0 saturated carbocycles. The minimum Gasteiger partial charge on any atom is -0.489 e. The van der Waals surface area contributed by atoms with Crippen LogP contribution in [0.5, 0.6) is 5.75 Å². The maximum atomic E-state index is 13.5. The van der Waals surface area contributed by atoms with Crippen LogP contribution in [0.15, 0.2) is 48.5 Å². The summed E-state index contributed by atoms with van der Waals surface area (Å²) in [6, 6.07) is 14.3. The van der Waals surface area contributed by atoms with Crippen molar-refractivity contribution < 1.29 is 14.2 Å². The lowest BCUT2D eigenvalue weighted by Gasteiger charge is -2.12. The van der Waals surface area contributed by atoms with Crippen molar-refractivity contribution in [1.82, 2.24) is 5.32 Å². The van der Waals surface area contributed by atoms with E-state index in [9.17, 15) is 4.39 Å². The molecule has 0 bridgehead atoms. The van der Waals surface area contributed by atoms with Crippen molar-refractivity contribution in [3.05, 3.63) is 65.5 Å². The topological polar surface area (TPSA) is 41.5 Å². The summed E-state index contributed by atoms with van der Waals surface area (Å²) in [7, 11) is 0. The summed E-state index contributed by atoms with van der Waals surface area (Å²) in [5.74, 6) is 0.446. The third-order valence-electron chi connectivity index (χ3n) is 3.18. The number of aliphatic hydroxyl groups excluding tert-OH is 1. The fraction of sp³-hybridized carbons (Fsp3) is 0.294. The van der Waals surface area contributed by atoms with Gasteiger partial charge in [-0.1, -0.05) is 30.3 Å². The average Bonchev–Trinajstić information content (AvgIpc) is 2.52. The van der Waals surface area contributed by atoms with Crippen LogP contribution in [0.1, 0.15) is 18.1 Å². The Balaban J connectivity index is 1.93. The van der Waals surface area contributed by atoms with Crippen molar-refractivity contribution in [2.24, 2.45) is 0 Å². The van der Waals surface area contributed by atoms with Crippen molar-refractivity contribution in [2.75, 3.05) is 6.61 Å². The zero-order valence-corrected chi connectivity index (χ0v) is 12.1. The van der Waals surface area contributed by atoms with Gasteiger partial charge in [0.05, 0.1) is 6.61 Å². The summed E-state index contributed by atoms with van der Waals surface area (Å²) in [5, 5.41) is 12.2. The second-order valence-corrected chi connectivity index (χ2v) is 4.99. The molecule has 2 N–H and O–H groups in total. The molecule has 2 aromatic carbocycles. The molecule has 3 nitrogen and oxygen atoms in total. The second-order valence-electron chi connectivity index (χ2n) is 4.99. The van der Waals surface area contributed by atoms with Crippen LogP contribution >= 0.6 is 0 Å². The standard InChI is InChI=1S/C17H20FNO2/c1-13(11-20)19-10-14-5-4-7-16(9-14)21-12-15-6-2-3-8-17(15)18/h2-9,13,19-20H,10-12H2,1H3/t13-/m1/s1. The Morgan fingerprint density at radius 3 is 2.76 bits per heavy atom. The highest BCUT2D eigenvalue weighted by Gasteiger charge is 2.03. The minimum atomic E-state index is -0.257. The van der Waals surface area contributed by atoms with Gasteiger partial charge in [0, 0.05) is 18.2 Å². The van der Waals surface area contributed by atoms with Crippen LogP contribution in [0.3, 0.4) is 0 Å². The van der Waals surface area contributed by atoms with E-state index in [-0.39, 0.29) is 25.1 Å². The van der Waals surface area contributed by atoms with E-state index in [2.05, 4.69) is 5.32 Å². The van der Waals surface area contributed by atoms with E-state index in [0.29, 0.717) is 17.9 Å². The summed E-state index contributed by atoms with van der Waals surface area (Å²) in [6.07, 6.45) is 0. The van der Waals surface area contributed by atoms with E-state index in [1.807, 2.05) is 31.2 Å². The van der Waals surface area contributed by atoms with E-state index in [1.165, 1.54) is 6.07 Å². The molecule has 0 aliphatic heterocycles. The molecule has 2 aromatic rings. The number of nitrogens with one attached hydrogen (secondary N) is 1. The maximum Gasteiger partial charge on any atom is 0.129 e. The molecule has 1 atom stereocenters. The monoisotopic (exact) mass is 289 g/mol. The molecule has 0 fully saturated rings. The quantitative estimate of drug-likeness (QED) is 0.823. The van der Waals surface area contributed by atoms with Crippen LogP contribution in [0.2, 0.25) is 0 Å². The number of ether oxygens (including phenoxy) is 1. The Kier molecular flexibility index (Phi) is 5.72. The van der Waals surface area contributed by atoms with Crippen LogP contribution in [0.4, 0.5) is 4.39 Å². The molecule has 112 valence electrons. The molecule has 0 aliphatic carbocycles. The van der Waals surface area contributed by atoms with Crippen LogP contribution in [-0.2, 0) is 13.2 Å². The van der Waals surface area contributed by atoms with E-state index < -0.39 is 0 Å².